The standard InChI is InChI=1S/C16H15BrN2O2/c1-11-10-15(20)19(18-11)8-9-21-14-7-6-12-4-2-3-5-13(12)16(14)17/h2-7H,8-10H2,1H3. The molecule has 4 nitrogen and oxygen atoms in total. The van der Waals surface area contributed by atoms with E-state index < -0.39 is 0 Å². The van der Waals surface area contributed by atoms with E-state index in [0.717, 1.165) is 26.7 Å². The molecular formula is C16H15BrN2O2. The maximum absolute atomic E-state index is 11.6. The van der Waals surface area contributed by atoms with Crippen LogP contribution in [0.5, 0.6) is 5.75 Å². The van der Waals surface area contributed by atoms with Crippen molar-refractivity contribution in [3.8, 4) is 5.75 Å². The fourth-order valence-electron chi connectivity index (χ4n) is 2.35. The van der Waals surface area contributed by atoms with Gasteiger partial charge in [0.25, 0.3) is 0 Å². The van der Waals surface area contributed by atoms with Gasteiger partial charge in [0.2, 0.25) is 5.91 Å². The van der Waals surface area contributed by atoms with Crippen molar-refractivity contribution < 1.29 is 9.53 Å². The number of ether oxygens (including phenoxy) is 1. The third-order valence-electron chi connectivity index (χ3n) is 3.37. The molecule has 0 saturated heterocycles. The molecule has 21 heavy (non-hydrogen) atoms. The van der Waals surface area contributed by atoms with Gasteiger partial charge in [-0.25, -0.2) is 5.01 Å². The first-order valence-corrected chi connectivity index (χ1v) is 7.59. The predicted octanol–water partition coefficient (Wildman–Crippen LogP) is 3.59. The van der Waals surface area contributed by atoms with E-state index in [0.29, 0.717) is 19.6 Å². The molecule has 0 unspecified atom stereocenters. The van der Waals surface area contributed by atoms with Gasteiger partial charge in [-0.05, 0) is 39.7 Å². The van der Waals surface area contributed by atoms with Crippen LogP contribution in [0.3, 0.4) is 0 Å². The third kappa shape index (κ3) is 2.93. The van der Waals surface area contributed by atoms with E-state index >= 15 is 0 Å². The van der Waals surface area contributed by atoms with Crippen LogP contribution in [0, 0.1) is 0 Å². The Balaban J connectivity index is 1.68. The highest BCUT2D eigenvalue weighted by Gasteiger charge is 2.20. The Hall–Kier alpha value is -1.88. The van der Waals surface area contributed by atoms with Gasteiger partial charge in [0.05, 0.1) is 17.4 Å². The molecule has 0 saturated carbocycles. The maximum Gasteiger partial charge on any atom is 0.248 e. The lowest BCUT2D eigenvalue weighted by Crippen LogP contribution is -2.26. The molecule has 2 aromatic rings. The average molecular weight is 347 g/mol. The number of carbonyl (C=O) groups excluding carboxylic acids is 1. The van der Waals surface area contributed by atoms with Crippen LogP contribution in [-0.4, -0.2) is 29.8 Å². The minimum atomic E-state index is 0.0358. The van der Waals surface area contributed by atoms with Crippen LogP contribution < -0.4 is 4.74 Å². The Morgan fingerprint density at radius 1 is 1.29 bits per heavy atom. The molecular weight excluding hydrogens is 332 g/mol. The largest absolute Gasteiger partial charge is 0.490 e. The molecule has 0 fully saturated rings. The summed E-state index contributed by atoms with van der Waals surface area (Å²) in [5.74, 6) is 0.815. The minimum absolute atomic E-state index is 0.0358. The van der Waals surface area contributed by atoms with Gasteiger partial charge in [-0.15, -0.1) is 0 Å². The highest BCUT2D eigenvalue weighted by atomic mass is 79.9. The number of hydrogen-bond acceptors (Lipinski definition) is 3. The fourth-order valence-corrected chi connectivity index (χ4v) is 2.96. The average Bonchev–Trinajstić information content (AvgIpc) is 2.80. The van der Waals surface area contributed by atoms with Crippen LogP contribution in [0.15, 0.2) is 46.0 Å². The normalized spacial score (nSPS) is 14.7. The number of hydrazone groups is 1. The van der Waals surface area contributed by atoms with E-state index in [4.69, 9.17) is 4.74 Å². The number of fused-ring (bicyclic) bond motifs is 1. The van der Waals surface area contributed by atoms with Crippen LogP contribution in [0.4, 0.5) is 0 Å². The first kappa shape index (κ1) is 14.1. The molecule has 0 radical (unpaired) electrons. The highest BCUT2D eigenvalue weighted by Crippen LogP contribution is 2.32. The van der Waals surface area contributed by atoms with Gasteiger partial charge in [0, 0.05) is 5.71 Å². The summed E-state index contributed by atoms with van der Waals surface area (Å²) >= 11 is 3.58. The molecule has 1 aliphatic heterocycles. The Bertz CT molecular complexity index is 727. The van der Waals surface area contributed by atoms with E-state index in [-0.39, 0.29) is 5.91 Å². The number of hydrogen-bond donors (Lipinski definition) is 0. The number of amides is 1. The van der Waals surface area contributed by atoms with Crippen molar-refractivity contribution in [1.82, 2.24) is 5.01 Å². The van der Waals surface area contributed by atoms with E-state index in [1.165, 1.54) is 5.01 Å². The summed E-state index contributed by atoms with van der Waals surface area (Å²) < 4.78 is 6.72. The molecule has 0 N–H and O–H groups in total. The van der Waals surface area contributed by atoms with Crippen LogP contribution >= 0.6 is 15.9 Å². The zero-order valence-electron chi connectivity index (χ0n) is 11.7. The Kier molecular flexibility index (Phi) is 3.92. The van der Waals surface area contributed by atoms with Gasteiger partial charge >= 0.3 is 0 Å². The molecule has 0 bridgehead atoms. The first-order chi connectivity index (χ1) is 10.1. The predicted molar refractivity (Wildman–Crippen MR) is 86.6 cm³/mol. The van der Waals surface area contributed by atoms with Crippen molar-refractivity contribution in [3.05, 3.63) is 40.9 Å². The summed E-state index contributed by atoms with van der Waals surface area (Å²) in [5, 5.41) is 7.93. The van der Waals surface area contributed by atoms with Gasteiger partial charge in [0.15, 0.2) is 0 Å². The summed E-state index contributed by atoms with van der Waals surface area (Å²) in [7, 11) is 0. The summed E-state index contributed by atoms with van der Waals surface area (Å²) in [6.07, 6.45) is 0.416. The second-order valence-corrected chi connectivity index (χ2v) is 5.77. The molecule has 0 aromatic heterocycles. The molecule has 0 aliphatic carbocycles. The Morgan fingerprint density at radius 3 is 2.86 bits per heavy atom. The maximum atomic E-state index is 11.6. The van der Waals surface area contributed by atoms with Crippen molar-refractivity contribution in [3.63, 3.8) is 0 Å². The van der Waals surface area contributed by atoms with Gasteiger partial charge < -0.3 is 4.74 Å². The lowest BCUT2D eigenvalue weighted by molar-refractivity contribution is -0.129. The van der Waals surface area contributed by atoms with Gasteiger partial charge in [0.1, 0.15) is 12.4 Å². The monoisotopic (exact) mass is 346 g/mol. The summed E-state index contributed by atoms with van der Waals surface area (Å²) in [6, 6.07) is 12.1. The summed E-state index contributed by atoms with van der Waals surface area (Å²) in [4.78, 5) is 11.6. The molecule has 0 atom stereocenters. The SMILES string of the molecule is CC1=NN(CCOc2ccc3ccccc3c2Br)C(=O)C1. The highest BCUT2D eigenvalue weighted by molar-refractivity contribution is 9.10. The lowest BCUT2D eigenvalue weighted by atomic mass is 10.1. The minimum Gasteiger partial charge on any atom is -0.490 e. The zero-order valence-corrected chi connectivity index (χ0v) is 13.3. The molecule has 1 aliphatic rings. The van der Waals surface area contributed by atoms with Crippen molar-refractivity contribution in [2.45, 2.75) is 13.3 Å². The van der Waals surface area contributed by atoms with E-state index in [1.54, 1.807) is 0 Å². The van der Waals surface area contributed by atoms with Crippen molar-refractivity contribution >= 4 is 38.3 Å². The molecule has 1 heterocycles. The third-order valence-corrected chi connectivity index (χ3v) is 4.19. The smallest absolute Gasteiger partial charge is 0.248 e. The quantitative estimate of drug-likeness (QED) is 0.848. The Morgan fingerprint density at radius 2 is 2.10 bits per heavy atom. The second kappa shape index (κ2) is 5.85. The van der Waals surface area contributed by atoms with E-state index in [1.807, 2.05) is 37.3 Å². The number of rotatable bonds is 4. The molecule has 108 valence electrons. The van der Waals surface area contributed by atoms with E-state index in [9.17, 15) is 4.79 Å². The summed E-state index contributed by atoms with van der Waals surface area (Å²) in [6.45, 7) is 2.74. The van der Waals surface area contributed by atoms with Crippen LogP contribution in [0.25, 0.3) is 10.8 Å². The van der Waals surface area contributed by atoms with Crippen LogP contribution in [-0.2, 0) is 4.79 Å². The number of carbonyl (C=O) groups is 1. The first-order valence-electron chi connectivity index (χ1n) is 6.79. The molecule has 3 rings (SSSR count). The Labute approximate surface area is 131 Å². The van der Waals surface area contributed by atoms with Gasteiger partial charge in [-0.2, -0.15) is 5.10 Å². The number of benzene rings is 2. The lowest BCUT2D eigenvalue weighted by Gasteiger charge is -2.14. The molecule has 1 amide bonds. The van der Waals surface area contributed by atoms with Crippen LogP contribution in [0.1, 0.15) is 13.3 Å². The molecule has 2 aromatic carbocycles. The fraction of sp³-hybridized carbons (Fsp3) is 0.250. The molecule has 5 heteroatoms. The summed E-state index contributed by atoms with van der Waals surface area (Å²) in [5.41, 5.74) is 0.854. The van der Waals surface area contributed by atoms with Crippen molar-refractivity contribution in [1.29, 1.82) is 0 Å². The topological polar surface area (TPSA) is 41.9 Å². The zero-order chi connectivity index (χ0) is 14.8. The number of halogens is 1. The van der Waals surface area contributed by atoms with Crippen molar-refractivity contribution in [2.75, 3.05) is 13.2 Å². The van der Waals surface area contributed by atoms with Crippen LogP contribution in [0.2, 0.25) is 0 Å². The van der Waals surface area contributed by atoms with Gasteiger partial charge in [-0.1, -0.05) is 30.3 Å². The van der Waals surface area contributed by atoms with Gasteiger partial charge in [-0.3, -0.25) is 4.79 Å². The van der Waals surface area contributed by atoms with Crippen molar-refractivity contribution in [2.24, 2.45) is 5.10 Å². The molecule has 0 spiro atoms. The number of nitrogens with zero attached hydrogens (tertiary/aromatic N) is 2. The van der Waals surface area contributed by atoms with E-state index in [2.05, 4.69) is 27.1 Å². The second-order valence-electron chi connectivity index (χ2n) is 4.98.